The fraction of sp³-hybridized carbons (Fsp3) is 0.412. The normalized spacial score (nSPS) is 14.9. The molecule has 0 spiro atoms. The van der Waals surface area contributed by atoms with Gasteiger partial charge in [0.1, 0.15) is 16.5 Å². The van der Waals surface area contributed by atoms with Gasteiger partial charge in [0.15, 0.2) is 0 Å². The number of piperazine rings is 1. The molecule has 0 aromatic carbocycles. The Bertz CT molecular complexity index is 925. The topological polar surface area (TPSA) is 67.3 Å². The molecular formula is C17H19BrN6OS. The average molecular weight is 435 g/mol. The Labute approximate surface area is 164 Å². The summed E-state index contributed by atoms with van der Waals surface area (Å²) in [5.41, 5.74) is 0. The number of hydrogen-bond donors (Lipinski definition) is 0. The van der Waals surface area contributed by atoms with E-state index in [0.717, 1.165) is 58.9 Å². The molecule has 0 radical (unpaired) electrons. The van der Waals surface area contributed by atoms with Gasteiger partial charge >= 0.3 is 0 Å². The summed E-state index contributed by atoms with van der Waals surface area (Å²) < 4.78 is 6.04. The first-order valence-electron chi connectivity index (χ1n) is 8.50. The lowest BCUT2D eigenvalue weighted by atomic mass is 10.2. The molecule has 1 saturated heterocycles. The van der Waals surface area contributed by atoms with Crippen LogP contribution < -0.4 is 14.5 Å². The van der Waals surface area contributed by atoms with Gasteiger partial charge in [0.05, 0.1) is 23.2 Å². The molecule has 136 valence electrons. The second-order valence-electron chi connectivity index (χ2n) is 5.96. The van der Waals surface area contributed by atoms with Crippen molar-refractivity contribution in [2.45, 2.75) is 13.3 Å². The molecule has 0 N–H and O–H groups in total. The number of ether oxygens (including phenoxy) is 1. The van der Waals surface area contributed by atoms with Gasteiger partial charge in [-0.05, 0) is 27.4 Å². The number of halogens is 1. The van der Waals surface area contributed by atoms with Gasteiger partial charge in [-0.1, -0.05) is 6.92 Å². The summed E-state index contributed by atoms with van der Waals surface area (Å²) >= 11 is 5.07. The fourth-order valence-corrected chi connectivity index (χ4v) is 4.17. The molecule has 0 aliphatic carbocycles. The van der Waals surface area contributed by atoms with E-state index in [0.29, 0.717) is 11.8 Å². The van der Waals surface area contributed by atoms with Crippen molar-refractivity contribution >= 4 is 49.2 Å². The summed E-state index contributed by atoms with van der Waals surface area (Å²) in [6.07, 6.45) is 2.58. The highest BCUT2D eigenvalue weighted by Crippen LogP contribution is 2.29. The number of nitrogens with zero attached hydrogens (tertiary/aromatic N) is 6. The van der Waals surface area contributed by atoms with Crippen LogP contribution in [-0.4, -0.2) is 53.2 Å². The highest BCUT2D eigenvalue weighted by Gasteiger charge is 2.23. The molecule has 7 nitrogen and oxygen atoms in total. The maximum Gasteiger partial charge on any atom is 0.232 e. The lowest BCUT2D eigenvalue weighted by Gasteiger charge is -2.35. The highest BCUT2D eigenvalue weighted by atomic mass is 79.9. The van der Waals surface area contributed by atoms with E-state index in [1.165, 1.54) is 0 Å². The molecule has 4 heterocycles. The maximum absolute atomic E-state index is 5.28. The molecular weight excluding hydrogens is 416 g/mol. The molecule has 3 aromatic rings. The van der Waals surface area contributed by atoms with E-state index in [1.807, 2.05) is 0 Å². The number of thiophene rings is 1. The summed E-state index contributed by atoms with van der Waals surface area (Å²) in [5, 5.41) is 3.22. The SMILES string of the molecule is CCc1nc(N2CCN(c3ncc(Br)c(OC)n3)CC2)c2ccsc2n1. The molecule has 0 bridgehead atoms. The summed E-state index contributed by atoms with van der Waals surface area (Å²) in [6.45, 7) is 5.50. The third-order valence-electron chi connectivity index (χ3n) is 4.42. The van der Waals surface area contributed by atoms with E-state index in [-0.39, 0.29) is 0 Å². The molecule has 0 unspecified atom stereocenters. The van der Waals surface area contributed by atoms with Crippen molar-refractivity contribution in [3.63, 3.8) is 0 Å². The van der Waals surface area contributed by atoms with Gasteiger partial charge in [-0.15, -0.1) is 11.3 Å². The minimum absolute atomic E-state index is 0.556. The number of hydrogen-bond acceptors (Lipinski definition) is 8. The predicted octanol–water partition coefficient (Wildman–Crippen LogP) is 3.14. The van der Waals surface area contributed by atoms with Crippen molar-refractivity contribution in [2.75, 3.05) is 43.1 Å². The third-order valence-corrected chi connectivity index (χ3v) is 5.77. The van der Waals surface area contributed by atoms with Crippen molar-refractivity contribution in [3.8, 4) is 5.88 Å². The minimum atomic E-state index is 0.556. The molecule has 26 heavy (non-hydrogen) atoms. The Morgan fingerprint density at radius 3 is 2.65 bits per heavy atom. The van der Waals surface area contributed by atoms with E-state index in [4.69, 9.17) is 9.72 Å². The quantitative estimate of drug-likeness (QED) is 0.624. The molecule has 9 heteroatoms. The van der Waals surface area contributed by atoms with Crippen LogP contribution in [-0.2, 0) is 6.42 Å². The van der Waals surface area contributed by atoms with Gasteiger partial charge < -0.3 is 14.5 Å². The Hall–Kier alpha value is -2.00. The first kappa shape index (κ1) is 17.4. The van der Waals surface area contributed by atoms with Gasteiger partial charge in [-0.2, -0.15) is 4.98 Å². The van der Waals surface area contributed by atoms with Crippen LogP contribution >= 0.6 is 27.3 Å². The highest BCUT2D eigenvalue weighted by molar-refractivity contribution is 9.10. The van der Waals surface area contributed by atoms with E-state index >= 15 is 0 Å². The molecule has 4 rings (SSSR count). The van der Waals surface area contributed by atoms with Crippen molar-refractivity contribution in [3.05, 3.63) is 27.9 Å². The predicted molar refractivity (Wildman–Crippen MR) is 108 cm³/mol. The second-order valence-corrected chi connectivity index (χ2v) is 7.71. The van der Waals surface area contributed by atoms with Crippen molar-refractivity contribution < 1.29 is 4.74 Å². The zero-order valence-corrected chi connectivity index (χ0v) is 17.0. The maximum atomic E-state index is 5.28. The van der Waals surface area contributed by atoms with E-state index in [9.17, 15) is 0 Å². The lowest BCUT2D eigenvalue weighted by molar-refractivity contribution is 0.393. The third kappa shape index (κ3) is 3.21. The number of fused-ring (bicyclic) bond motifs is 1. The van der Waals surface area contributed by atoms with Gasteiger partial charge in [0.2, 0.25) is 11.8 Å². The molecule has 0 amide bonds. The minimum Gasteiger partial charge on any atom is -0.480 e. The van der Waals surface area contributed by atoms with Gasteiger partial charge in [-0.3, -0.25) is 0 Å². The average Bonchev–Trinajstić information content (AvgIpc) is 3.16. The number of aryl methyl sites for hydroxylation is 1. The van der Waals surface area contributed by atoms with Crippen molar-refractivity contribution in [1.82, 2.24) is 19.9 Å². The largest absolute Gasteiger partial charge is 0.480 e. The van der Waals surface area contributed by atoms with Crippen LogP contribution in [0.5, 0.6) is 5.88 Å². The van der Waals surface area contributed by atoms with Gasteiger partial charge in [0, 0.05) is 32.6 Å². The van der Waals surface area contributed by atoms with Crippen molar-refractivity contribution in [2.24, 2.45) is 0 Å². The van der Waals surface area contributed by atoms with E-state index < -0.39 is 0 Å². The Morgan fingerprint density at radius 2 is 1.92 bits per heavy atom. The number of methoxy groups -OCH3 is 1. The summed E-state index contributed by atoms with van der Waals surface area (Å²) in [4.78, 5) is 23.9. The molecule has 1 aliphatic rings. The molecule has 3 aromatic heterocycles. The van der Waals surface area contributed by atoms with Gasteiger partial charge in [0.25, 0.3) is 0 Å². The van der Waals surface area contributed by atoms with Crippen LogP contribution in [0, 0.1) is 0 Å². The standard InChI is InChI=1S/C17H19BrN6OS/c1-3-13-20-14(11-4-9-26-16(11)21-13)23-5-7-24(8-6-23)17-19-10-12(18)15(22-17)25-2/h4,9-10H,3,5-8H2,1-2H3. The number of anilines is 2. The number of rotatable bonds is 4. The number of aromatic nitrogens is 4. The van der Waals surface area contributed by atoms with Crippen molar-refractivity contribution in [1.29, 1.82) is 0 Å². The first-order chi connectivity index (χ1) is 12.7. The molecule has 0 saturated carbocycles. The van der Waals surface area contributed by atoms with Crippen LogP contribution in [0.3, 0.4) is 0 Å². The molecule has 1 aliphatic heterocycles. The fourth-order valence-electron chi connectivity index (χ4n) is 3.04. The monoisotopic (exact) mass is 434 g/mol. The summed E-state index contributed by atoms with van der Waals surface area (Å²) in [6, 6.07) is 2.11. The van der Waals surface area contributed by atoms with Crippen LogP contribution in [0.15, 0.2) is 22.1 Å². The zero-order valence-electron chi connectivity index (χ0n) is 14.6. The second kappa shape index (κ2) is 7.32. The van der Waals surface area contributed by atoms with E-state index in [2.05, 4.69) is 59.1 Å². The van der Waals surface area contributed by atoms with Crippen LogP contribution in [0.2, 0.25) is 0 Å². The summed E-state index contributed by atoms with van der Waals surface area (Å²) in [5.74, 6) is 3.20. The summed E-state index contributed by atoms with van der Waals surface area (Å²) in [7, 11) is 1.61. The van der Waals surface area contributed by atoms with Crippen LogP contribution in [0.25, 0.3) is 10.2 Å². The lowest BCUT2D eigenvalue weighted by Crippen LogP contribution is -2.47. The first-order valence-corrected chi connectivity index (χ1v) is 10.2. The molecule has 0 atom stereocenters. The van der Waals surface area contributed by atoms with E-state index in [1.54, 1.807) is 24.6 Å². The Kier molecular flexibility index (Phi) is 4.90. The van der Waals surface area contributed by atoms with Crippen LogP contribution in [0.4, 0.5) is 11.8 Å². The van der Waals surface area contributed by atoms with Gasteiger partial charge in [-0.25, -0.2) is 15.0 Å². The van der Waals surface area contributed by atoms with Crippen LogP contribution in [0.1, 0.15) is 12.7 Å². The Morgan fingerprint density at radius 1 is 1.15 bits per heavy atom. The molecule has 1 fully saturated rings. The Balaban J connectivity index is 1.55. The smallest absolute Gasteiger partial charge is 0.232 e. The zero-order chi connectivity index (χ0) is 18.1.